The number of benzene rings is 1. The molecule has 0 saturated carbocycles. The standard InChI is InChI=1S/C16H16FN3O/c17-13-2-4-14(5-3-13)20-7-8-21-16(11-20)15-6-1-12(9-18)10-19-15/h1-6,10,15-16,19H,7-8,11H2/t15?,16-/m1/s1. The van der Waals surface area contributed by atoms with Crippen LogP contribution in [0.1, 0.15) is 0 Å². The van der Waals surface area contributed by atoms with Crippen LogP contribution < -0.4 is 10.2 Å². The highest BCUT2D eigenvalue weighted by Crippen LogP contribution is 2.20. The molecule has 108 valence electrons. The molecule has 2 aliphatic rings. The molecule has 1 fully saturated rings. The molecule has 5 heteroatoms. The van der Waals surface area contributed by atoms with Crippen molar-refractivity contribution in [3.63, 3.8) is 0 Å². The second-order valence-corrected chi connectivity index (χ2v) is 5.09. The Morgan fingerprint density at radius 3 is 2.81 bits per heavy atom. The monoisotopic (exact) mass is 285 g/mol. The van der Waals surface area contributed by atoms with Gasteiger partial charge in [-0.3, -0.25) is 0 Å². The Kier molecular flexibility index (Phi) is 3.89. The van der Waals surface area contributed by atoms with Gasteiger partial charge >= 0.3 is 0 Å². The lowest BCUT2D eigenvalue weighted by molar-refractivity contribution is 0.0278. The summed E-state index contributed by atoms with van der Waals surface area (Å²) in [5, 5.41) is 12.0. The number of ether oxygens (including phenoxy) is 1. The highest BCUT2D eigenvalue weighted by molar-refractivity contribution is 5.47. The Morgan fingerprint density at radius 1 is 1.33 bits per heavy atom. The highest BCUT2D eigenvalue weighted by Gasteiger charge is 2.27. The topological polar surface area (TPSA) is 48.3 Å². The van der Waals surface area contributed by atoms with E-state index in [9.17, 15) is 4.39 Å². The molecule has 0 aliphatic carbocycles. The van der Waals surface area contributed by atoms with Crippen LogP contribution in [0.15, 0.2) is 48.2 Å². The minimum Gasteiger partial charge on any atom is -0.381 e. The van der Waals surface area contributed by atoms with Gasteiger partial charge in [0.25, 0.3) is 0 Å². The van der Waals surface area contributed by atoms with Crippen molar-refractivity contribution >= 4 is 5.69 Å². The first-order chi connectivity index (χ1) is 10.3. The summed E-state index contributed by atoms with van der Waals surface area (Å²) >= 11 is 0. The number of nitriles is 1. The number of hydrogen-bond donors (Lipinski definition) is 1. The maximum absolute atomic E-state index is 13.0. The predicted octanol–water partition coefficient (Wildman–Crippen LogP) is 1.97. The van der Waals surface area contributed by atoms with Gasteiger partial charge in [-0.05, 0) is 30.3 Å². The third-order valence-electron chi connectivity index (χ3n) is 3.73. The fourth-order valence-corrected chi connectivity index (χ4v) is 2.58. The number of halogens is 1. The van der Waals surface area contributed by atoms with Crippen molar-refractivity contribution in [2.24, 2.45) is 0 Å². The highest BCUT2D eigenvalue weighted by atomic mass is 19.1. The van der Waals surface area contributed by atoms with E-state index in [1.807, 2.05) is 6.08 Å². The molecule has 0 spiro atoms. The molecule has 2 atom stereocenters. The quantitative estimate of drug-likeness (QED) is 0.902. The summed E-state index contributed by atoms with van der Waals surface area (Å²) in [5.74, 6) is -0.227. The van der Waals surface area contributed by atoms with Crippen molar-refractivity contribution in [1.82, 2.24) is 5.32 Å². The number of anilines is 1. The fraction of sp³-hybridized carbons (Fsp3) is 0.312. The molecular weight excluding hydrogens is 269 g/mol. The molecule has 2 heterocycles. The van der Waals surface area contributed by atoms with Crippen LogP contribution in [0, 0.1) is 17.1 Å². The summed E-state index contributed by atoms with van der Waals surface area (Å²) < 4.78 is 18.8. The van der Waals surface area contributed by atoms with Gasteiger partial charge in [-0.1, -0.05) is 6.08 Å². The molecule has 21 heavy (non-hydrogen) atoms. The van der Waals surface area contributed by atoms with Gasteiger partial charge in [0.05, 0.1) is 24.3 Å². The van der Waals surface area contributed by atoms with E-state index < -0.39 is 0 Å². The van der Waals surface area contributed by atoms with E-state index in [1.165, 1.54) is 12.1 Å². The van der Waals surface area contributed by atoms with E-state index in [2.05, 4.69) is 16.3 Å². The van der Waals surface area contributed by atoms with Gasteiger partial charge in [-0.2, -0.15) is 5.26 Å². The Bertz CT molecular complexity index is 603. The molecule has 1 N–H and O–H groups in total. The van der Waals surface area contributed by atoms with Crippen molar-refractivity contribution in [2.75, 3.05) is 24.6 Å². The molecule has 0 radical (unpaired) electrons. The third kappa shape index (κ3) is 3.06. The first kappa shape index (κ1) is 13.7. The molecule has 0 bridgehead atoms. The van der Waals surface area contributed by atoms with Crippen LogP contribution >= 0.6 is 0 Å². The van der Waals surface area contributed by atoms with Crippen LogP contribution in [0.5, 0.6) is 0 Å². The Hall–Kier alpha value is -2.32. The fourth-order valence-electron chi connectivity index (χ4n) is 2.58. The summed E-state index contributed by atoms with van der Waals surface area (Å²) in [5.41, 5.74) is 1.61. The average Bonchev–Trinajstić information content (AvgIpc) is 2.56. The average molecular weight is 285 g/mol. The van der Waals surface area contributed by atoms with Crippen molar-refractivity contribution in [1.29, 1.82) is 5.26 Å². The summed E-state index contributed by atoms with van der Waals surface area (Å²) in [4.78, 5) is 2.19. The molecule has 1 unspecified atom stereocenters. The van der Waals surface area contributed by atoms with Crippen molar-refractivity contribution in [3.05, 3.63) is 54.0 Å². The molecule has 0 aromatic heterocycles. The molecule has 3 rings (SSSR count). The zero-order chi connectivity index (χ0) is 14.7. The number of dihydropyridines is 1. The molecule has 0 amide bonds. The van der Waals surface area contributed by atoms with Gasteiger partial charge in [0.1, 0.15) is 11.9 Å². The van der Waals surface area contributed by atoms with E-state index >= 15 is 0 Å². The van der Waals surface area contributed by atoms with E-state index in [0.29, 0.717) is 12.2 Å². The SMILES string of the molecule is N#CC1=CNC([C@H]2CN(c3ccc(F)cc3)CCO2)C=C1. The van der Waals surface area contributed by atoms with Crippen molar-refractivity contribution in [2.45, 2.75) is 12.1 Å². The molecule has 1 aromatic rings. The number of nitrogens with zero attached hydrogens (tertiary/aromatic N) is 2. The van der Waals surface area contributed by atoms with E-state index in [1.54, 1.807) is 24.4 Å². The smallest absolute Gasteiger partial charge is 0.123 e. The van der Waals surface area contributed by atoms with Gasteiger partial charge in [0, 0.05) is 25.0 Å². The zero-order valence-corrected chi connectivity index (χ0v) is 11.5. The molecular formula is C16H16FN3O. The molecule has 1 saturated heterocycles. The van der Waals surface area contributed by atoms with Crippen LogP contribution in [0.25, 0.3) is 0 Å². The van der Waals surface area contributed by atoms with Gasteiger partial charge in [-0.25, -0.2) is 4.39 Å². The van der Waals surface area contributed by atoms with E-state index in [4.69, 9.17) is 10.00 Å². The number of nitrogens with one attached hydrogen (secondary N) is 1. The number of allylic oxidation sites excluding steroid dienone is 2. The normalized spacial score (nSPS) is 25.0. The first-order valence-electron chi connectivity index (χ1n) is 6.93. The summed E-state index contributed by atoms with van der Waals surface area (Å²) in [6.07, 6.45) is 5.47. The Morgan fingerprint density at radius 2 is 2.14 bits per heavy atom. The molecule has 1 aromatic carbocycles. The predicted molar refractivity (Wildman–Crippen MR) is 78.1 cm³/mol. The number of hydrogen-bond acceptors (Lipinski definition) is 4. The van der Waals surface area contributed by atoms with E-state index in [0.717, 1.165) is 18.8 Å². The van der Waals surface area contributed by atoms with Crippen LogP contribution in [0.3, 0.4) is 0 Å². The minimum absolute atomic E-state index is 0.00320. The Balaban J connectivity index is 1.67. The van der Waals surface area contributed by atoms with Gasteiger partial charge in [0.2, 0.25) is 0 Å². The second-order valence-electron chi connectivity index (χ2n) is 5.09. The summed E-state index contributed by atoms with van der Waals surface area (Å²) in [6, 6.07) is 8.66. The van der Waals surface area contributed by atoms with Crippen molar-refractivity contribution < 1.29 is 9.13 Å². The van der Waals surface area contributed by atoms with Crippen LogP contribution in [0.2, 0.25) is 0 Å². The number of rotatable bonds is 2. The maximum Gasteiger partial charge on any atom is 0.123 e. The minimum atomic E-state index is -0.227. The molecule has 4 nitrogen and oxygen atoms in total. The largest absolute Gasteiger partial charge is 0.381 e. The van der Waals surface area contributed by atoms with Crippen LogP contribution in [-0.2, 0) is 4.74 Å². The van der Waals surface area contributed by atoms with Gasteiger partial charge < -0.3 is 15.0 Å². The second kappa shape index (κ2) is 5.98. The Labute approximate surface area is 123 Å². The lowest BCUT2D eigenvalue weighted by Gasteiger charge is -2.38. The van der Waals surface area contributed by atoms with Gasteiger partial charge in [0.15, 0.2) is 0 Å². The summed E-state index contributed by atoms with van der Waals surface area (Å²) in [6.45, 7) is 2.14. The first-order valence-corrected chi connectivity index (χ1v) is 6.93. The number of morpholine rings is 1. The van der Waals surface area contributed by atoms with Gasteiger partial charge in [-0.15, -0.1) is 0 Å². The lowest BCUT2D eigenvalue weighted by Crippen LogP contribution is -2.51. The lowest BCUT2D eigenvalue weighted by atomic mass is 10.0. The van der Waals surface area contributed by atoms with Crippen LogP contribution in [-0.4, -0.2) is 31.8 Å². The zero-order valence-electron chi connectivity index (χ0n) is 11.5. The third-order valence-corrected chi connectivity index (χ3v) is 3.73. The van der Waals surface area contributed by atoms with Crippen molar-refractivity contribution in [3.8, 4) is 6.07 Å². The van der Waals surface area contributed by atoms with Crippen LogP contribution in [0.4, 0.5) is 10.1 Å². The molecule has 2 aliphatic heterocycles. The van der Waals surface area contributed by atoms with E-state index in [-0.39, 0.29) is 18.0 Å². The maximum atomic E-state index is 13.0. The summed E-state index contributed by atoms with van der Waals surface area (Å²) in [7, 11) is 0.